The predicted molar refractivity (Wildman–Crippen MR) is 90.8 cm³/mol. The van der Waals surface area contributed by atoms with Crippen LogP contribution < -0.4 is 10.1 Å². The van der Waals surface area contributed by atoms with Crippen LogP contribution in [0.25, 0.3) is 11.0 Å². The third-order valence-corrected chi connectivity index (χ3v) is 3.91. The molecule has 5 heteroatoms. The lowest BCUT2D eigenvalue weighted by molar-refractivity contribution is -0.115. The number of hydrogen-bond donors (Lipinski definition) is 1. The number of hydrogen-bond acceptors (Lipinski definition) is 3. The molecule has 23 heavy (non-hydrogen) atoms. The molecule has 0 saturated heterocycles. The first-order valence-electron chi connectivity index (χ1n) is 7.43. The average Bonchev–Trinajstić information content (AvgIpc) is 2.82. The van der Waals surface area contributed by atoms with E-state index >= 15 is 0 Å². The van der Waals surface area contributed by atoms with Gasteiger partial charge in [0.05, 0.1) is 30.3 Å². The Bertz CT molecular complexity index is 868. The van der Waals surface area contributed by atoms with Crippen molar-refractivity contribution in [3.63, 3.8) is 0 Å². The van der Waals surface area contributed by atoms with Gasteiger partial charge >= 0.3 is 0 Å². The fourth-order valence-electron chi connectivity index (χ4n) is 2.60. The lowest BCUT2D eigenvalue weighted by Gasteiger charge is -2.09. The molecule has 0 aliphatic rings. The van der Waals surface area contributed by atoms with Crippen LogP contribution in [0.1, 0.15) is 11.4 Å². The molecule has 3 rings (SSSR count). The molecule has 0 atom stereocenters. The number of para-hydroxylation sites is 2. The molecule has 0 fully saturated rings. The number of nitrogens with one attached hydrogen (secondary N) is 1. The lowest BCUT2D eigenvalue weighted by atomic mass is 10.1. The number of aryl methyl sites for hydroxylation is 2. The van der Waals surface area contributed by atoms with Gasteiger partial charge < -0.3 is 14.6 Å². The SMILES string of the molecule is COc1ccccc1NC(=O)Cc1ccc2c(c1)nc(C)n2C. The van der Waals surface area contributed by atoms with E-state index in [-0.39, 0.29) is 5.91 Å². The Morgan fingerprint density at radius 3 is 2.83 bits per heavy atom. The summed E-state index contributed by atoms with van der Waals surface area (Å²) in [6.07, 6.45) is 0.295. The predicted octanol–water partition coefficient (Wildman–Crippen LogP) is 3.07. The van der Waals surface area contributed by atoms with Gasteiger partial charge in [-0.3, -0.25) is 4.79 Å². The third-order valence-electron chi connectivity index (χ3n) is 3.91. The number of methoxy groups -OCH3 is 1. The summed E-state index contributed by atoms with van der Waals surface area (Å²) in [5, 5.41) is 2.89. The summed E-state index contributed by atoms with van der Waals surface area (Å²) >= 11 is 0. The van der Waals surface area contributed by atoms with Crippen LogP contribution in [-0.2, 0) is 18.3 Å². The summed E-state index contributed by atoms with van der Waals surface area (Å²) in [6, 6.07) is 13.3. The highest BCUT2D eigenvalue weighted by Crippen LogP contribution is 2.23. The Kier molecular flexibility index (Phi) is 4.02. The number of amides is 1. The van der Waals surface area contributed by atoms with Crippen LogP contribution in [0.4, 0.5) is 5.69 Å². The Morgan fingerprint density at radius 1 is 1.26 bits per heavy atom. The number of ether oxygens (including phenoxy) is 1. The van der Waals surface area contributed by atoms with Crippen LogP contribution in [-0.4, -0.2) is 22.6 Å². The molecule has 1 heterocycles. The number of carbonyl (C=O) groups is 1. The summed E-state index contributed by atoms with van der Waals surface area (Å²) in [5.41, 5.74) is 3.58. The summed E-state index contributed by atoms with van der Waals surface area (Å²) in [6.45, 7) is 1.97. The fraction of sp³-hybridized carbons (Fsp3) is 0.222. The molecule has 118 valence electrons. The van der Waals surface area contributed by atoms with Crippen LogP contribution in [0.5, 0.6) is 5.75 Å². The number of fused-ring (bicyclic) bond motifs is 1. The van der Waals surface area contributed by atoms with Gasteiger partial charge in [-0.1, -0.05) is 18.2 Å². The molecule has 0 bridgehead atoms. The number of aromatic nitrogens is 2. The minimum absolute atomic E-state index is 0.0819. The van der Waals surface area contributed by atoms with E-state index in [1.165, 1.54) is 0 Å². The second kappa shape index (κ2) is 6.12. The van der Waals surface area contributed by atoms with Crippen molar-refractivity contribution in [3.8, 4) is 5.75 Å². The van der Waals surface area contributed by atoms with E-state index in [0.717, 1.165) is 22.4 Å². The second-order valence-corrected chi connectivity index (χ2v) is 5.47. The molecule has 1 N–H and O–H groups in total. The van der Waals surface area contributed by atoms with Crippen LogP contribution in [0, 0.1) is 6.92 Å². The quantitative estimate of drug-likeness (QED) is 0.806. The molecule has 5 nitrogen and oxygen atoms in total. The van der Waals surface area contributed by atoms with Gasteiger partial charge in [-0.15, -0.1) is 0 Å². The van der Waals surface area contributed by atoms with Crippen molar-refractivity contribution in [1.29, 1.82) is 0 Å². The summed E-state index contributed by atoms with van der Waals surface area (Å²) < 4.78 is 7.28. The van der Waals surface area contributed by atoms with E-state index in [4.69, 9.17) is 4.74 Å². The Hall–Kier alpha value is -2.82. The zero-order valence-electron chi connectivity index (χ0n) is 13.5. The minimum Gasteiger partial charge on any atom is -0.495 e. The standard InChI is InChI=1S/C18H19N3O2/c1-12-19-15-10-13(8-9-16(15)21(12)2)11-18(22)20-14-6-4-5-7-17(14)23-3/h4-10H,11H2,1-3H3,(H,20,22). The molecule has 0 aliphatic carbocycles. The summed E-state index contributed by atoms with van der Waals surface area (Å²) in [5.74, 6) is 1.52. The zero-order chi connectivity index (χ0) is 16.4. The van der Waals surface area contributed by atoms with E-state index in [2.05, 4.69) is 10.3 Å². The van der Waals surface area contributed by atoms with E-state index < -0.39 is 0 Å². The van der Waals surface area contributed by atoms with Gasteiger partial charge in [0.1, 0.15) is 11.6 Å². The third kappa shape index (κ3) is 3.04. The molecule has 0 aliphatic heterocycles. The molecule has 0 spiro atoms. The van der Waals surface area contributed by atoms with Crippen molar-refractivity contribution >= 4 is 22.6 Å². The van der Waals surface area contributed by atoms with Crippen molar-refractivity contribution < 1.29 is 9.53 Å². The van der Waals surface area contributed by atoms with Gasteiger partial charge in [0, 0.05) is 7.05 Å². The van der Waals surface area contributed by atoms with E-state index in [9.17, 15) is 4.79 Å². The summed E-state index contributed by atoms with van der Waals surface area (Å²) in [7, 11) is 3.57. The van der Waals surface area contributed by atoms with Gasteiger partial charge in [-0.25, -0.2) is 4.98 Å². The molecule has 3 aromatic rings. The molecule has 1 amide bonds. The first-order chi connectivity index (χ1) is 11.1. The number of nitrogens with zero attached hydrogens (tertiary/aromatic N) is 2. The monoisotopic (exact) mass is 309 g/mol. The van der Waals surface area contributed by atoms with Crippen molar-refractivity contribution in [2.24, 2.45) is 7.05 Å². The zero-order valence-corrected chi connectivity index (χ0v) is 13.5. The number of carbonyl (C=O) groups excluding carboxylic acids is 1. The number of imidazole rings is 1. The van der Waals surface area contributed by atoms with Crippen LogP contribution in [0.15, 0.2) is 42.5 Å². The van der Waals surface area contributed by atoms with Gasteiger partial charge in [0.25, 0.3) is 0 Å². The maximum absolute atomic E-state index is 12.3. The minimum atomic E-state index is -0.0819. The number of anilines is 1. The smallest absolute Gasteiger partial charge is 0.228 e. The topological polar surface area (TPSA) is 56.1 Å². The largest absolute Gasteiger partial charge is 0.495 e. The van der Waals surface area contributed by atoms with Gasteiger partial charge in [0.2, 0.25) is 5.91 Å². The highest BCUT2D eigenvalue weighted by molar-refractivity contribution is 5.94. The maximum atomic E-state index is 12.3. The Morgan fingerprint density at radius 2 is 2.04 bits per heavy atom. The highest BCUT2D eigenvalue weighted by Gasteiger charge is 2.10. The van der Waals surface area contributed by atoms with Crippen molar-refractivity contribution in [3.05, 3.63) is 53.9 Å². The fourth-order valence-corrected chi connectivity index (χ4v) is 2.60. The Labute approximate surface area is 134 Å². The number of benzene rings is 2. The summed E-state index contributed by atoms with van der Waals surface area (Å²) in [4.78, 5) is 16.8. The molecule has 0 unspecified atom stereocenters. The van der Waals surface area contributed by atoms with E-state index in [0.29, 0.717) is 17.9 Å². The Balaban J connectivity index is 1.77. The normalized spacial score (nSPS) is 10.7. The first-order valence-corrected chi connectivity index (χ1v) is 7.43. The van der Waals surface area contributed by atoms with Crippen LogP contribution >= 0.6 is 0 Å². The van der Waals surface area contributed by atoms with Crippen molar-refractivity contribution in [2.75, 3.05) is 12.4 Å². The molecule has 1 aromatic heterocycles. The van der Waals surface area contributed by atoms with Crippen LogP contribution in [0.3, 0.4) is 0 Å². The molecule has 0 saturated carbocycles. The van der Waals surface area contributed by atoms with E-state index in [1.54, 1.807) is 7.11 Å². The second-order valence-electron chi connectivity index (χ2n) is 5.47. The van der Waals surface area contributed by atoms with Crippen molar-refractivity contribution in [1.82, 2.24) is 9.55 Å². The highest BCUT2D eigenvalue weighted by atomic mass is 16.5. The molecule has 0 radical (unpaired) electrons. The molecular formula is C18H19N3O2. The molecule has 2 aromatic carbocycles. The number of rotatable bonds is 4. The van der Waals surface area contributed by atoms with Gasteiger partial charge in [-0.05, 0) is 36.8 Å². The van der Waals surface area contributed by atoms with Crippen LogP contribution in [0.2, 0.25) is 0 Å². The maximum Gasteiger partial charge on any atom is 0.228 e. The van der Waals surface area contributed by atoms with Gasteiger partial charge in [-0.2, -0.15) is 0 Å². The first kappa shape index (κ1) is 15.1. The van der Waals surface area contributed by atoms with Crippen molar-refractivity contribution in [2.45, 2.75) is 13.3 Å². The van der Waals surface area contributed by atoms with E-state index in [1.807, 2.05) is 61.0 Å². The lowest BCUT2D eigenvalue weighted by Crippen LogP contribution is -2.15. The van der Waals surface area contributed by atoms with Gasteiger partial charge in [0.15, 0.2) is 0 Å². The average molecular weight is 309 g/mol. The molecular weight excluding hydrogens is 290 g/mol.